The van der Waals surface area contributed by atoms with Gasteiger partial charge in [0, 0.05) is 6.54 Å². The molecule has 0 radical (unpaired) electrons. The maximum Gasteiger partial charge on any atom is 0.252 e. The van der Waals surface area contributed by atoms with Crippen LogP contribution in [0.5, 0.6) is 0 Å². The minimum atomic E-state index is -1.70. The van der Waals surface area contributed by atoms with E-state index in [0.717, 1.165) is 0 Å². The quantitative estimate of drug-likeness (QED) is 0.548. The summed E-state index contributed by atoms with van der Waals surface area (Å²) in [6.07, 6.45) is -2.16. The van der Waals surface area contributed by atoms with E-state index in [2.05, 4.69) is 10.6 Å². The highest BCUT2D eigenvalue weighted by molar-refractivity contribution is 6.34. The van der Waals surface area contributed by atoms with Gasteiger partial charge in [0.15, 0.2) is 0 Å². The van der Waals surface area contributed by atoms with Crippen LogP contribution in [-0.4, -0.2) is 59.5 Å². The summed E-state index contributed by atoms with van der Waals surface area (Å²) >= 11 is 12.0. The van der Waals surface area contributed by atoms with Crippen LogP contribution < -0.4 is 10.6 Å². The second kappa shape index (κ2) is 9.11. The minimum absolute atomic E-state index is 0.0357. The van der Waals surface area contributed by atoms with Gasteiger partial charge >= 0.3 is 0 Å². The fourth-order valence-electron chi connectivity index (χ4n) is 3.01. The molecule has 3 atom stereocenters. The van der Waals surface area contributed by atoms with Crippen molar-refractivity contribution in [2.45, 2.75) is 17.8 Å². The Bertz CT molecular complexity index is 910. The van der Waals surface area contributed by atoms with Crippen molar-refractivity contribution in [3.63, 3.8) is 0 Å². The number of hydrogen-bond donors (Lipinski definition) is 4. The standard InChI is InChI=1S/C20H20Cl2N2O5/c21-14-7-3-1-5-12(14)18(26)23-9-16-17(25)20(28,11-29-16)10-24-19(27)13-6-2-4-8-15(13)22/h1-8,16-17,25,28H,9-11H2,(H,23,26)(H,24,27)/t16-,17-,20+/m1/s1. The molecular weight excluding hydrogens is 419 g/mol. The van der Waals surface area contributed by atoms with Gasteiger partial charge in [-0.2, -0.15) is 0 Å². The molecule has 7 nitrogen and oxygen atoms in total. The zero-order valence-electron chi connectivity index (χ0n) is 15.3. The fourth-order valence-corrected chi connectivity index (χ4v) is 3.45. The van der Waals surface area contributed by atoms with Gasteiger partial charge in [-0.15, -0.1) is 0 Å². The monoisotopic (exact) mass is 438 g/mol. The van der Waals surface area contributed by atoms with E-state index in [0.29, 0.717) is 10.6 Å². The lowest BCUT2D eigenvalue weighted by Crippen LogP contribution is -2.53. The number of nitrogens with one attached hydrogen (secondary N) is 2. The first-order chi connectivity index (χ1) is 13.8. The average molecular weight is 439 g/mol. The predicted octanol–water partition coefficient (Wildman–Crippen LogP) is 1.64. The summed E-state index contributed by atoms with van der Waals surface area (Å²) in [6, 6.07) is 13.1. The summed E-state index contributed by atoms with van der Waals surface area (Å²) < 4.78 is 5.43. The van der Waals surface area contributed by atoms with Crippen molar-refractivity contribution in [2.75, 3.05) is 19.7 Å². The van der Waals surface area contributed by atoms with Crippen LogP contribution in [0.4, 0.5) is 0 Å². The summed E-state index contributed by atoms with van der Waals surface area (Å²) in [5, 5.41) is 26.9. The number of carbonyl (C=O) groups is 2. The summed E-state index contributed by atoms with van der Waals surface area (Å²) in [6.45, 7) is -0.483. The zero-order chi connectivity index (χ0) is 21.0. The van der Waals surface area contributed by atoms with Crippen LogP contribution in [0.2, 0.25) is 10.0 Å². The van der Waals surface area contributed by atoms with Crippen LogP contribution in [0, 0.1) is 0 Å². The number of hydrogen-bond acceptors (Lipinski definition) is 5. The lowest BCUT2D eigenvalue weighted by Gasteiger charge is -2.26. The highest BCUT2D eigenvalue weighted by Crippen LogP contribution is 2.25. The van der Waals surface area contributed by atoms with Gasteiger partial charge in [-0.1, -0.05) is 47.5 Å². The SMILES string of the molecule is O=C(NC[C@H]1OC[C@@](O)(CNC(=O)c2ccccc2Cl)[C@@H]1O)c1ccccc1Cl. The number of carbonyl (C=O) groups excluding carboxylic acids is 2. The third kappa shape index (κ3) is 4.88. The molecule has 2 aromatic rings. The molecule has 154 valence electrons. The van der Waals surface area contributed by atoms with Gasteiger partial charge in [-0.25, -0.2) is 0 Å². The Morgan fingerprint density at radius 2 is 1.52 bits per heavy atom. The van der Waals surface area contributed by atoms with Gasteiger partial charge in [0.25, 0.3) is 11.8 Å². The van der Waals surface area contributed by atoms with E-state index in [1.54, 1.807) is 48.5 Å². The van der Waals surface area contributed by atoms with Crippen LogP contribution in [-0.2, 0) is 4.74 Å². The fraction of sp³-hybridized carbons (Fsp3) is 0.300. The summed E-state index contributed by atoms with van der Waals surface area (Å²) in [7, 11) is 0. The molecule has 0 spiro atoms. The molecule has 0 unspecified atom stereocenters. The normalized spacial score (nSPS) is 23.6. The van der Waals surface area contributed by atoms with Gasteiger partial charge < -0.3 is 25.6 Å². The Balaban J connectivity index is 1.55. The molecule has 2 amide bonds. The van der Waals surface area contributed by atoms with Crippen LogP contribution in [0.15, 0.2) is 48.5 Å². The van der Waals surface area contributed by atoms with E-state index >= 15 is 0 Å². The van der Waals surface area contributed by atoms with Crippen LogP contribution >= 0.6 is 23.2 Å². The van der Waals surface area contributed by atoms with E-state index in [1.807, 2.05) is 0 Å². The molecule has 0 saturated carbocycles. The second-order valence-electron chi connectivity index (χ2n) is 6.75. The molecule has 29 heavy (non-hydrogen) atoms. The molecule has 0 bridgehead atoms. The third-order valence-electron chi connectivity index (χ3n) is 4.71. The number of benzene rings is 2. The third-order valence-corrected chi connectivity index (χ3v) is 5.37. The first kappa shape index (κ1) is 21.5. The molecule has 2 aromatic carbocycles. The number of aliphatic hydroxyl groups is 2. The summed E-state index contributed by atoms with van der Waals surface area (Å²) in [5.41, 5.74) is -1.14. The van der Waals surface area contributed by atoms with Crippen molar-refractivity contribution >= 4 is 35.0 Å². The Labute approximate surface area is 177 Å². The van der Waals surface area contributed by atoms with Gasteiger partial charge in [0.2, 0.25) is 0 Å². The Morgan fingerprint density at radius 1 is 1.00 bits per heavy atom. The highest BCUT2D eigenvalue weighted by Gasteiger charge is 2.48. The lowest BCUT2D eigenvalue weighted by molar-refractivity contribution is -0.0464. The van der Waals surface area contributed by atoms with Crippen molar-refractivity contribution in [3.8, 4) is 0 Å². The number of rotatable bonds is 6. The first-order valence-electron chi connectivity index (χ1n) is 8.89. The second-order valence-corrected chi connectivity index (χ2v) is 7.56. The molecule has 4 N–H and O–H groups in total. The largest absolute Gasteiger partial charge is 0.387 e. The topological polar surface area (TPSA) is 108 Å². The minimum Gasteiger partial charge on any atom is -0.387 e. The van der Waals surface area contributed by atoms with Crippen molar-refractivity contribution in [1.82, 2.24) is 10.6 Å². The number of aliphatic hydroxyl groups excluding tert-OH is 1. The van der Waals surface area contributed by atoms with Crippen molar-refractivity contribution < 1.29 is 24.5 Å². The lowest BCUT2D eigenvalue weighted by atomic mass is 9.96. The molecule has 0 aliphatic carbocycles. The van der Waals surface area contributed by atoms with Crippen molar-refractivity contribution in [2.24, 2.45) is 0 Å². The van der Waals surface area contributed by atoms with Gasteiger partial charge in [-0.05, 0) is 24.3 Å². The zero-order valence-corrected chi connectivity index (χ0v) is 16.8. The molecule has 3 rings (SSSR count). The van der Waals surface area contributed by atoms with Crippen LogP contribution in [0.25, 0.3) is 0 Å². The molecule has 1 saturated heterocycles. The Hall–Kier alpha value is -2.16. The van der Waals surface area contributed by atoms with Crippen LogP contribution in [0.3, 0.4) is 0 Å². The maximum atomic E-state index is 12.3. The van der Waals surface area contributed by atoms with Crippen molar-refractivity contribution in [1.29, 1.82) is 0 Å². The Kier molecular flexibility index (Phi) is 6.77. The van der Waals surface area contributed by atoms with Crippen LogP contribution in [0.1, 0.15) is 20.7 Å². The molecule has 9 heteroatoms. The molecule has 1 heterocycles. The van der Waals surface area contributed by atoms with Gasteiger partial charge in [0.05, 0.1) is 34.3 Å². The van der Waals surface area contributed by atoms with E-state index in [4.69, 9.17) is 27.9 Å². The molecule has 1 aliphatic heterocycles. The van der Waals surface area contributed by atoms with Crippen molar-refractivity contribution in [3.05, 3.63) is 69.7 Å². The van der Waals surface area contributed by atoms with E-state index in [9.17, 15) is 19.8 Å². The molecular formula is C20H20Cl2N2O5. The van der Waals surface area contributed by atoms with Gasteiger partial charge in [0.1, 0.15) is 17.8 Å². The first-order valence-corrected chi connectivity index (χ1v) is 9.65. The average Bonchev–Trinajstić information content (AvgIpc) is 2.99. The smallest absolute Gasteiger partial charge is 0.252 e. The predicted molar refractivity (Wildman–Crippen MR) is 108 cm³/mol. The molecule has 0 aromatic heterocycles. The van der Waals surface area contributed by atoms with Gasteiger partial charge in [-0.3, -0.25) is 9.59 Å². The molecule has 1 aliphatic rings. The Morgan fingerprint density at radius 3 is 2.07 bits per heavy atom. The summed E-state index contributed by atoms with van der Waals surface area (Å²) in [4.78, 5) is 24.5. The maximum absolute atomic E-state index is 12.3. The highest BCUT2D eigenvalue weighted by atomic mass is 35.5. The van der Waals surface area contributed by atoms with E-state index in [-0.39, 0.29) is 30.3 Å². The summed E-state index contributed by atoms with van der Waals surface area (Å²) in [5.74, 6) is -0.902. The van der Waals surface area contributed by atoms with E-state index in [1.165, 1.54) is 0 Å². The number of halogens is 2. The van der Waals surface area contributed by atoms with E-state index < -0.39 is 29.6 Å². The molecule has 1 fully saturated rings. The number of ether oxygens (including phenoxy) is 1. The number of amides is 2.